The number of nitrogens with zero attached hydrogens (tertiary/aromatic N) is 2. The third-order valence-corrected chi connectivity index (χ3v) is 4.93. The first kappa shape index (κ1) is 18.8. The summed E-state index contributed by atoms with van der Waals surface area (Å²) in [4.78, 5) is 17.2. The number of fused-ring (bicyclic) bond motifs is 1. The normalized spacial score (nSPS) is 12.1. The molecule has 0 unspecified atom stereocenters. The SMILES string of the molecule is Cc1cccn2c([C@@H](CC(=O)Nc3ccccc3F)c3ccccc3F)cnc12. The number of hydrogen-bond donors (Lipinski definition) is 1. The number of aromatic nitrogens is 2. The van der Waals surface area contributed by atoms with Crippen molar-refractivity contribution in [2.75, 3.05) is 5.32 Å². The van der Waals surface area contributed by atoms with Crippen LogP contribution in [-0.4, -0.2) is 15.3 Å². The van der Waals surface area contributed by atoms with Gasteiger partial charge in [0.1, 0.15) is 17.3 Å². The number of imidazole rings is 1. The van der Waals surface area contributed by atoms with E-state index in [2.05, 4.69) is 10.3 Å². The van der Waals surface area contributed by atoms with Crippen LogP contribution in [-0.2, 0) is 4.79 Å². The number of pyridine rings is 1. The molecule has 2 aromatic heterocycles. The Morgan fingerprint density at radius 2 is 1.76 bits per heavy atom. The van der Waals surface area contributed by atoms with Crippen LogP contribution in [0.4, 0.5) is 14.5 Å². The van der Waals surface area contributed by atoms with Gasteiger partial charge in [-0.2, -0.15) is 0 Å². The largest absolute Gasteiger partial charge is 0.324 e. The smallest absolute Gasteiger partial charge is 0.225 e. The number of benzene rings is 2. The van der Waals surface area contributed by atoms with Crippen molar-refractivity contribution in [3.8, 4) is 0 Å². The maximum absolute atomic E-state index is 14.6. The number of amides is 1. The zero-order chi connectivity index (χ0) is 20.4. The number of carbonyl (C=O) groups excluding carboxylic acids is 1. The number of hydrogen-bond acceptors (Lipinski definition) is 2. The molecule has 0 saturated heterocycles. The minimum atomic E-state index is -0.584. The molecule has 1 atom stereocenters. The topological polar surface area (TPSA) is 46.4 Å². The molecule has 29 heavy (non-hydrogen) atoms. The monoisotopic (exact) mass is 391 g/mol. The van der Waals surface area contributed by atoms with Gasteiger partial charge >= 0.3 is 0 Å². The molecule has 4 aromatic rings. The van der Waals surface area contributed by atoms with Gasteiger partial charge in [-0.25, -0.2) is 13.8 Å². The predicted octanol–water partition coefficient (Wildman–Crippen LogP) is 5.08. The van der Waals surface area contributed by atoms with Crippen molar-refractivity contribution < 1.29 is 13.6 Å². The molecule has 0 bridgehead atoms. The van der Waals surface area contributed by atoms with Crippen LogP contribution in [0.25, 0.3) is 5.65 Å². The van der Waals surface area contributed by atoms with Gasteiger partial charge in [0.05, 0.1) is 11.4 Å². The Morgan fingerprint density at radius 1 is 1.03 bits per heavy atom. The lowest BCUT2D eigenvalue weighted by molar-refractivity contribution is -0.116. The Morgan fingerprint density at radius 3 is 2.52 bits per heavy atom. The van der Waals surface area contributed by atoms with E-state index in [1.165, 1.54) is 18.2 Å². The molecule has 0 aliphatic heterocycles. The summed E-state index contributed by atoms with van der Waals surface area (Å²) in [5.74, 6) is -1.92. The van der Waals surface area contributed by atoms with Crippen molar-refractivity contribution >= 4 is 17.2 Å². The first-order valence-electron chi connectivity index (χ1n) is 9.26. The van der Waals surface area contributed by atoms with Crippen molar-refractivity contribution in [1.82, 2.24) is 9.38 Å². The molecule has 0 radical (unpaired) electrons. The Labute approximate surface area is 166 Å². The summed E-state index contributed by atoms with van der Waals surface area (Å²) in [7, 11) is 0. The van der Waals surface area contributed by atoms with Crippen LogP contribution in [0.1, 0.15) is 29.2 Å². The molecule has 2 heterocycles. The van der Waals surface area contributed by atoms with E-state index in [1.54, 1.807) is 36.5 Å². The third-order valence-electron chi connectivity index (χ3n) is 4.93. The molecular formula is C23H19F2N3O. The number of aryl methyl sites for hydroxylation is 1. The van der Waals surface area contributed by atoms with Crippen molar-refractivity contribution in [1.29, 1.82) is 0 Å². The van der Waals surface area contributed by atoms with Crippen LogP contribution < -0.4 is 5.32 Å². The average molecular weight is 391 g/mol. The molecule has 0 spiro atoms. The van der Waals surface area contributed by atoms with Crippen molar-refractivity contribution in [2.24, 2.45) is 0 Å². The molecule has 6 heteroatoms. The van der Waals surface area contributed by atoms with Gasteiger partial charge in [0.2, 0.25) is 5.91 Å². The fourth-order valence-electron chi connectivity index (χ4n) is 3.51. The van der Waals surface area contributed by atoms with E-state index in [4.69, 9.17) is 0 Å². The summed E-state index contributed by atoms with van der Waals surface area (Å²) >= 11 is 0. The van der Waals surface area contributed by atoms with E-state index in [9.17, 15) is 13.6 Å². The number of carbonyl (C=O) groups is 1. The lowest BCUT2D eigenvalue weighted by Gasteiger charge is -2.18. The molecule has 0 saturated carbocycles. The molecule has 0 aliphatic rings. The molecule has 2 aromatic carbocycles. The van der Waals surface area contributed by atoms with Crippen molar-refractivity contribution in [3.63, 3.8) is 0 Å². The molecule has 4 nitrogen and oxygen atoms in total. The zero-order valence-electron chi connectivity index (χ0n) is 15.8. The molecule has 146 valence electrons. The van der Waals surface area contributed by atoms with E-state index in [0.29, 0.717) is 11.3 Å². The molecule has 1 amide bonds. The van der Waals surface area contributed by atoms with Gasteiger partial charge < -0.3 is 9.72 Å². The van der Waals surface area contributed by atoms with Gasteiger partial charge in [-0.05, 0) is 42.3 Å². The van der Waals surface area contributed by atoms with E-state index < -0.39 is 23.5 Å². The van der Waals surface area contributed by atoms with Gasteiger partial charge in [0.25, 0.3) is 0 Å². The second kappa shape index (κ2) is 7.83. The second-order valence-electron chi connectivity index (χ2n) is 6.87. The fraction of sp³-hybridized carbons (Fsp3) is 0.130. The maximum atomic E-state index is 14.6. The highest BCUT2D eigenvalue weighted by atomic mass is 19.1. The van der Waals surface area contributed by atoms with Gasteiger partial charge in [0, 0.05) is 24.7 Å². The van der Waals surface area contributed by atoms with Gasteiger partial charge in [-0.3, -0.25) is 4.79 Å². The van der Waals surface area contributed by atoms with E-state index in [-0.39, 0.29) is 12.1 Å². The zero-order valence-corrected chi connectivity index (χ0v) is 15.8. The van der Waals surface area contributed by atoms with Crippen LogP contribution in [0.3, 0.4) is 0 Å². The van der Waals surface area contributed by atoms with E-state index in [1.807, 2.05) is 29.7 Å². The Hall–Kier alpha value is -3.54. The van der Waals surface area contributed by atoms with Crippen molar-refractivity contribution in [2.45, 2.75) is 19.3 Å². The number of para-hydroxylation sites is 1. The third kappa shape index (κ3) is 3.74. The molecule has 4 rings (SSSR count). The lowest BCUT2D eigenvalue weighted by Crippen LogP contribution is -2.18. The summed E-state index contributed by atoms with van der Waals surface area (Å²) in [6.45, 7) is 1.94. The fourth-order valence-corrected chi connectivity index (χ4v) is 3.51. The molecule has 1 N–H and O–H groups in total. The molecule has 0 fully saturated rings. The van der Waals surface area contributed by atoms with E-state index in [0.717, 1.165) is 11.2 Å². The lowest BCUT2D eigenvalue weighted by atomic mass is 9.91. The van der Waals surface area contributed by atoms with Gasteiger partial charge in [0.15, 0.2) is 0 Å². The minimum Gasteiger partial charge on any atom is -0.324 e. The van der Waals surface area contributed by atoms with Crippen LogP contribution in [0.15, 0.2) is 73.1 Å². The Kier molecular flexibility index (Phi) is 5.08. The van der Waals surface area contributed by atoms with Crippen LogP contribution in [0.2, 0.25) is 0 Å². The number of halogens is 2. The van der Waals surface area contributed by atoms with Crippen LogP contribution in [0.5, 0.6) is 0 Å². The van der Waals surface area contributed by atoms with Crippen LogP contribution in [0, 0.1) is 18.6 Å². The predicted molar refractivity (Wildman–Crippen MR) is 108 cm³/mol. The van der Waals surface area contributed by atoms with Crippen LogP contribution >= 0.6 is 0 Å². The minimum absolute atomic E-state index is 0.0585. The van der Waals surface area contributed by atoms with E-state index >= 15 is 0 Å². The highest BCUT2D eigenvalue weighted by Gasteiger charge is 2.25. The van der Waals surface area contributed by atoms with Crippen molar-refractivity contribution in [3.05, 3.63) is 102 Å². The number of rotatable bonds is 5. The summed E-state index contributed by atoms with van der Waals surface area (Å²) in [6.07, 6.45) is 3.44. The first-order valence-corrected chi connectivity index (χ1v) is 9.26. The number of anilines is 1. The van der Waals surface area contributed by atoms with Gasteiger partial charge in [-0.1, -0.05) is 36.4 Å². The molecular weight excluding hydrogens is 372 g/mol. The number of nitrogens with one attached hydrogen (secondary N) is 1. The standard InChI is InChI=1S/C23H19F2N3O/c1-15-7-6-12-28-21(14-26-23(15)28)17(16-8-2-3-9-18(16)24)13-22(29)27-20-11-5-4-10-19(20)25/h2-12,14,17H,13H2,1H3,(H,27,29)/t17-/m0/s1. The highest BCUT2D eigenvalue weighted by Crippen LogP contribution is 2.31. The maximum Gasteiger partial charge on any atom is 0.225 e. The quantitative estimate of drug-likeness (QED) is 0.516. The highest BCUT2D eigenvalue weighted by molar-refractivity contribution is 5.91. The summed E-state index contributed by atoms with van der Waals surface area (Å²) in [6, 6.07) is 16.1. The van der Waals surface area contributed by atoms with Gasteiger partial charge in [-0.15, -0.1) is 0 Å². The molecule has 0 aliphatic carbocycles. The summed E-state index contributed by atoms with van der Waals surface area (Å²) in [5, 5.41) is 2.59. The average Bonchev–Trinajstić information content (AvgIpc) is 3.14. The Bertz CT molecular complexity index is 1190. The summed E-state index contributed by atoms with van der Waals surface area (Å²) in [5.41, 5.74) is 2.90. The second-order valence-corrected chi connectivity index (χ2v) is 6.87. The Balaban J connectivity index is 1.73. The summed E-state index contributed by atoms with van der Waals surface area (Å²) < 4.78 is 30.4. The first-order chi connectivity index (χ1) is 14.0.